The summed E-state index contributed by atoms with van der Waals surface area (Å²) in [6, 6.07) is 3.94. The van der Waals surface area contributed by atoms with Crippen molar-refractivity contribution in [3.63, 3.8) is 0 Å². The molecule has 98 valence electrons. The van der Waals surface area contributed by atoms with Gasteiger partial charge in [0.25, 0.3) is 0 Å². The quantitative estimate of drug-likeness (QED) is 0.619. The van der Waals surface area contributed by atoms with Crippen molar-refractivity contribution in [1.29, 1.82) is 5.41 Å². The molecule has 2 heterocycles. The van der Waals surface area contributed by atoms with Crippen molar-refractivity contribution in [3.05, 3.63) is 48.2 Å². The summed E-state index contributed by atoms with van der Waals surface area (Å²) in [6.07, 6.45) is 6.70. The molecule has 0 amide bonds. The van der Waals surface area contributed by atoms with Crippen LogP contribution in [0.5, 0.6) is 0 Å². The lowest BCUT2D eigenvalue weighted by Gasteiger charge is -2.21. The predicted molar refractivity (Wildman–Crippen MR) is 74.0 cm³/mol. The van der Waals surface area contributed by atoms with Gasteiger partial charge in [0.05, 0.1) is 12.4 Å². The van der Waals surface area contributed by atoms with E-state index in [-0.39, 0.29) is 5.84 Å². The van der Waals surface area contributed by atoms with E-state index >= 15 is 0 Å². The molecule has 6 nitrogen and oxygen atoms in total. The molecule has 0 radical (unpaired) electrons. The van der Waals surface area contributed by atoms with E-state index in [1.807, 2.05) is 12.1 Å². The number of nitrogens with one attached hydrogen (secondary N) is 1. The van der Waals surface area contributed by atoms with E-state index in [0.717, 1.165) is 24.5 Å². The highest BCUT2D eigenvalue weighted by Gasteiger charge is 2.08. The van der Waals surface area contributed by atoms with Crippen LogP contribution in [-0.4, -0.2) is 27.3 Å². The number of hydrogen-bond donors (Lipinski definition) is 2. The van der Waals surface area contributed by atoms with Gasteiger partial charge in [0.1, 0.15) is 17.3 Å². The highest BCUT2D eigenvalue weighted by Crippen LogP contribution is 2.12. The summed E-state index contributed by atoms with van der Waals surface area (Å²) in [5.74, 6) is 0.695. The number of nitrogens with two attached hydrogens (primary N) is 1. The molecule has 0 aliphatic heterocycles. The van der Waals surface area contributed by atoms with Crippen molar-refractivity contribution in [2.24, 2.45) is 5.73 Å². The summed E-state index contributed by atoms with van der Waals surface area (Å²) < 4.78 is 0. The molecular formula is C13H16N6. The first-order valence-electron chi connectivity index (χ1n) is 6.01. The number of rotatable bonds is 5. The van der Waals surface area contributed by atoms with Crippen LogP contribution >= 0.6 is 0 Å². The van der Waals surface area contributed by atoms with Crippen molar-refractivity contribution < 1.29 is 0 Å². The van der Waals surface area contributed by atoms with Gasteiger partial charge in [-0.3, -0.25) is 10.4 Å². The van der Waals surface area contributed by atoms with Gasteiger partial charge in [0.2, 0.25) is 0 Å². The van der Waals surface area contributed by atoms with Crippen LogP contribution in [0.25, 0.3) is 0 Å². The van der Waals surface area contributed by atoms with Gasteiger partial charge in [0.15, 0.2) is 0 Å². The number of hydrogen-bond acceptors (Lipinski definition) is 5. The zero-order valence-electron chi connectivity index (χ0n) is 10.7. The first-order valence-corrected chi connectivity index (χ1v) is 6.01. The molecule has 0 atom stereocenters. The molecule has 0 unspecified atom stereocenters. The molecule has 2 aromatic rings. The van der Waals surface area contributed by atoms with Gasteiger partial charge in [-0.15, -0.1) is 0 Å². The van der Waals surface area contributed by atoms with Crippen molar-refractivity contribution in [1.82, 2.24) is 15.0 Å². The van der Waals surface area contributed by atoms with Crippen LogP contribution in [0.1, 0.15) is 18.2 Å². The lowest BCUT2D eigenvalue weighted by molar-refractivity contribution is 0.807. The number of pyridine rings is 1. The molecule has 0 aromatic carbocycles. The van der Waals surface area contributed by atoms with Gasteiger partial charge in [0, 0.05) is 25.5 Å². The van der Waals surface area contributed by atoms with E-state index in [1.165, 1.54) is 6.20 Å². The molecule has 0 bridgehead atoms. The van der Waals surface area contributed by atoms with Crippen molar-refractivity contribution in [3.8, 4) is 0 Å². The van der Waals surface area contributed by atoms with Crippen LogP contribution in [-0.2, 0) is 6.54 Å². The van der Waals surface area contributed by atoms with Gasteiger partial charge < -0.3 is 10.6 Å². The minimum atomic E-state index is -0.0729. The average molecular weight is 256 g/mol. The third-order valence-electron chi connectivity index (χ3n) is 2.74. The second kappa shape index (κ2) is 5.90. The van der Waals surface area contributed by atoms with Gasteiger partial charge in [-0.2, -0.15) is 0 Å². The van der Waals surface area contributed by atoms with Crippen LogP contribution in [0.4, 0.5) is 5.82 Å². The summed E-state index contributed by atoms with van der Waals surface area (Å²) in [5.41, 5.74) is 6.91. The fourth-order valence-electron chi connectivity index (χ4n) is 1.69. The molecule has 19 heavy (non-hydrogen) atoms. The maximum absolute atomic E-state index is 7.29. The lowest BCUT2D eigenvalue weighted by atomic mass is 10.2. The van der Waals surface area contributed by atoms with Crippen LogP contribution in [0.3, 0.4) is 0 Å². The summed E-state index contributed by atoms with van der Waals surface area (Å²) in [7, 11) is 0. The normalized spacial score (nSPS) is 10.2. The average Bonchev–Trinajstić information content (AvgIpc) is 2.46. The van der Waals surface area contributed by atoms with Gasteiger partial charge in [-0.05, 0) is 24.6 Å². The first-order chi connectivity index (χ1) is 9.20. The van der Waals surface area contributed by atoms with Gasteiger partial charge >= 0.3 is 0 Å². The Labute approximate surface area is 111 Å². The third-order valence-corrected chi connectivity index (χ3v) is 2.74. The first kappa shape index (κ1) is 12.9. The molecule has 0 saturated carbocycles. The summed E-state index contributed by atoms with van der Waals surface area (Å²) in [6.45, 7) is 3.62. The van der Waals surface area contributed by atoms with Gasteiger partial charge in [-0.1, -0.05) is 0 Å². The fraction of sp³-hybridized carbons (Fsp3) is 0.231. The SMILES string of the molecule is CCN(Cc1ccncc1)c1cnc(C(=N)N)cn1. The Hall–Kier alpha value is -2.50. The number of nitrogens with zero attached hydrogens (tertiary/aromatic N) is 4. The molecule has 3 N–H and O–H groups in total. The van der Waals surface area contributed by atoms with Crippen molar-refractivity contribution >= 4 is 11.7 Å². The molecule has 0 saturated heterocycles. The van der Waals surface area contributed by atoms with E-state index in [0.29, 0.717) is 5.69 Å². The maximum Gasteiger partial charge on any atom is 0.147 e. The smallest absolute Gasteiger partial charge is 0.147 e. The fourth-order valence-corrected chi connectivity index (χ4v) is 1.69. The molecule has 0 spiro atoms. The molecule has 2 rings (SSSR count). The zero-order valence-corrected chi connectivity index (χ0v) is 10.7. The highest BCUT2D eigenvalue weighted by atomic mass is 15.2. The Kier molecular flexibility index (Phi) is 4.02. The second-order valence-electron chi connectivity index (χ2n) is 4.04. The standard InChI is InChI=1S/C13H16N6/c1-2-19(9-10-3-5-16-6-4-10)12-8-17-11(7-18-12)13(14)15/h3-8H,2,9H2,1H3,(H3,14,15). The van der Waals surface area contributed by atoms with Crippen LogP contribution < -0.4 is 10.6 Å². The molecular weight excluding hydrogens is 240 g/mol. The number of aromatic nitrogens is 3. The topological polar surface area (TPSA) is 91.8 Å². The van der Waals surface area contributed by atoms with E-state index in [2.05, 4.69) is 26.8 Å². The Balaban J connectivity index is 2.15. The zero-order chi connectivity index (χ0) is 13.7. The van der Waals surface area contributed by atoms with Crippen LogP contribution in [0, 0.1) is 5.41 Å². The predicted octanol–water partition coefficient (Wildman–Crippen LogP) is 1.18. The third kappa shape index (κ3) is 3.25. The van der Waals surface area contributed by atoms with Crippen LogP contribution in [0.2, 0.25) is 0 Å². The lowest BCUT2D eigenvalue weighted by Crippen LogP contribution is -2.24. The Morgan fingerprint density at radius 3 is 2.53 bits per heavy atom. The Bertz CT molecular complexity index is 537. The minimum absolute atomic E-state index is 0.0729. The van der Waals surface area contributed by atoms with E-state index in [9.17, 15) is 0 Å². The minimum Gasteiger partial charge on any atom is -0.382 e. The van der Waals surface area contributed by atoms with E-state index < -0.39 is 0 Å². The van der Waals surface area contributed by atoms with Crippen LogP contribution in [0.15, 0.2) is 36.9 Å². The number of anilines is 1. The highest BCUT2D eigenvalue weighted by molar-refractivity contribution is 5.92. The molecule has 0 aliphatic rings. The molecule has 6 heteroatoms. The molecule has 2 aromatic heterocycles. The summed E-state index contributed by atoms with van der Waals surface area (Å²) in [5, 5.41) is 7.29. The Morgan fingerprint density at radius 2 is 2.00 bits per heavy atom. The summed E-state index contributed by atoms with van der Waals surface area (Å²) >= 11 is 0. The Morgan fingerprint density at radius 1 is 1.26 bits per heavy atom. The van der Waals surface area contributed by atoms with E-state index in [4.69, 9.17) is 11.1 Å². The number of nitrogen functional groups attached to an aromatic ring is 1. The second-order valence-corrected chi connectivity index (χ2v) is 4.04. The maximum atomic E-state index is 7.29. The van der Waals surface area contributed by atoms with E-state index in [1.54, 1.807) is 18.6 Å². The molecule has 0 fully saturated rings. The number of amidine groups is 1. The van der Waals surface area contributed by atoms with Crippen molar-refractivity contribution in [2.75, 3.05) is 11.4 Å². The van der Waals surface area contributed by atoms with Crippen molar-refractivity contribution in [2.45, 2.75) is 13.5 Å². The van der Waals surface area contributed by atoms with Gasteiger partial charge in [-0.25, -0.2) is 9.97 Å². The molecule has 0 aliphatic carbocycles. The largest absolute Gasteiger partial charge is 0.382 e. The monoisotopic (exact) mass is 256 g/mol. The summed E-state index contributed by atoms with van der Waals surface area (Å²) in [4.78, 5) is 14.5.